The van der Waals surface area contributed by atoms with Crippen molar-refractivity contribution in [3.63, 3.8) is 0 Å². The zero-order chi connectivity index (χ0) is 21.3. The van der Waals surface area contributed by atoms with Crippen LogP contribution in [0.15, 0.2) is 60.7 Å². The van der Waals surface area contributed by atoms with Crippen LogP contribution in [0.4, 0.5) is 0 Å². The highest BCUT2D eigenvalue weighted by Crippen LogP contribution is 2.21. The van der Waals surface area contributed by atoms with Gasteiger partial charge in [-0.05, 0) is 12.1 Å². The van der Waals surface area contributed by atoms with Gasteiger partial charge in [-0.1, -0.05) is 48.5 Å². The van der Waals surface area contributed by atoms with Gasteiger partial charge in [0, 0.05) is 17.5 Å². The fourth-order valence-electron chi connectivity index (χ4n) is 2.97. The molecule has 1 aliphatic rings. The van der Waals surface area contributed by atoms with E-state index < -0.39 is 36.3 Å². The summed E-state index contributed by atoms with van der Waals surface area (Å²) in [5, 5.41) is 2.65. The van der Waals surface area contributed by atoms with E-state index in [4.69, 9.17) is 18.9 Å². The van der Waals surface area contributed by atoms with Crippen LogP contribution < -0.4 is 5.32 Å². The number of ether oxygens (including phenoxy) is 4. The molecular weight excluding hydrogens is 390 g/mol. The van der Waals surface area contributed by atoms with Crippen molar-refractivity contribution in [2.24, 2.45) is 0 Å². The maximum Gasteiger partial charge on any atom is 0.351 e. The Hall–Kier alpha value is -3.23. The largest absolute Gasteiger partial charge is 0.466 e. The summed E-state index contributed by atoms with van der Waals surface area (Å²) in [4.78, 5) is 37.8. The summed E-state index contributed by atoms with van der Waals surface area (Å²) in [6, 6.07) is 15.9. The SMILES string of the molecule is COC(=O)[C@H](OC(=O)[C@@H](CC1OCCO1)NC(=O)c1ccccc1)c1ccccc1. The predicted molar refractivity (Wildman–Crippen MR) is 105 cm³/mol. The van der Waals surface area contributed by atoms with E-state index >= 15 is 0 Å². The highest BCUT2D eigenvalue weighted by atomic mass is 16.7. The number of hydrogen-bond acceptors (Lipinski definition) is 7. The molecule has 8 heteroatoms. The second-order valence-electron chi connectivity index (χ2n) is 6.55. The first-order valence-corrected chi connectivity index (χ1v) is 9.51. The Balaban J connectivity index is 1.77. The van der Waals surface area contributed by atoms with Gasteiger partial charge in [-0.25, -0.2) is 9.59 Å². The zero-order valence-corrected chi connectivity index (χ0v) is 16.5. The molecule has 0 saturated carbocycles. The van der Waals surface area contributed by atoms with Crippen LogP contribution in [-0.2, 0) is 28.5 Å². The Morgan fingerprint density at radius 2 is 1.57 bits per heavy atom. The highest BCUT2D eigenvalue weighted by Gasteiger charge is 2.33. The van der Waals surface area contributed by atoms with Gasteiger partial charge in [-0.3, -0.25) is 4.79 Å². The molecule has 0 spiro atoms. The van der Waals surface area contributed by atoms with Crippen LogP contribution in [0.5, 0.6) is 0 Å². The van der Waals surface area contributed by atoms with E-state index in [0.717, 1.165) is 0 Å². The topological polar surface area (TPSA) is 100 Å². The average molecular weight is 413 g/mol. The Morgan fingerprint density at radius 3 is 2.17 bits per heavy atom. The molecule has 1 N–H and O–H groups in total. The van der Waals surface area contributed by atoms with Crippen molar-refractivity contribution in [2.75, 3.05) is 20.3 Å². The number of methoxy groups -OCH3 is 1. The first-order chi connectivity index (χ1) is 14.6. The minimum atomic E-state index is -1.26. The van der Waals surface area contributed by atoms with Gasteiger partial charge in [0.1, 0.15) is 6.04 Å². The molecule has 1 amide bonds. The van der Waals surface area contributed by atoms with E-state index in [0.29, 0.717) is 24.3 Å². The summed E-state index contributed by atoms with van der Waals surface area (Å²) in [5.41, 5.74) is 0.843. The third-order valence-electron chi connectivity index (χ3n) is 4.50. The van der Waals surface area contributed by atoms with Gasteiger partial charge in [0.25, 0.3) is 5.91 Å². The van der Waals surface area contributed by atoms with E-state index in [9.17, 15) is 14.4 Å². The maximum atomic E-state index is 12.9. The second kappa shape index (κ2) is 10.5. The molecule has 8 nitrogen and oxygen atoms in total. The molecule has 0 bridgehead atoms. The van der Waals surface area contributed by atoms with Crippen molar-refractivity contribution in [1.82, 2.24) is 5.32 Å². The number of amides is 1. The Kier molecular flexibility index (Phi) is 7.53. The van der Waals surface area contributed by atoms with Crippen LogP contribution in [0, 0.1) is 0 Å². The second-order valence-corrected chi connectivity index (χ2v) is 6.55. The van der Waals surface area contributed by atoms with Crippen molar-refractivity contribution < 1.29 is 33.3 Å². The number of rotatable bonds is 8. The van der Waals surface area contributed by atoms with Crippen LogP contribution >= 0.6 is 0 Å². The van der Waals surface area contributed by atoms with Gasteiger partial charge in [0.2, 0.25) is 6.10 Å². The summed E-state index contributed by atoms with van der Waals surface area (Å²) in [6.45, 7) is 0.793. The summed E-state index contributed by atoms with van der Waals surface area (Å²) in [7, 11) is 1.21. The minimum absolute atomic E-state index is 0.0418. The molecular formula is C22H23NO7. The lowest BCUT2D eigenvalue weighted by Crippen LogP contribution is -2.45. The fraction of sp³-hybridized carbons (Fsp3) is 0.318. The van der Waals surface area contributed by atoms with Crippen molar-refractivity contribution in [3.8, 4) is 0 Å². The molecule has 0 unspecified atom stereocenters. The normalized spacial score (nSPS) is 15.8. The molecule has 1 saturated heterocycles. The molecule has 2 aromatic carbocycles. The van der Waals surface area contributed by atoms with Crippen LogP contribution in [0.2, 0.25) is 0 Å². The lowest BCUT2D eigenvalue weighted by Gasteiger charge is -2.23. The van der Waals surface area contributed by atoms with Crippen molar-refractivity contribution in [1.29, 1.82) is 0 Å². The van der Waals surface area contributed by atoms with Crippen molar-refractivity contribution in [3.05, 3.63) is 71.8 Å². The molecule has 2 aromatic rings. The summed E-state index contributed by atoms with van der Waals surface area (Å²) >= 11 is 0. The Labute approximate surface area is 174 Å². The van der Waals surface area contributed by atoms with Gasteiger partial charge in [-0.2, -0.15) is 0 Å². The zero-order valence-electron chi connectivity index (χ0n) is 16.5. The molecule has 3 rings (SSSR count). The van der Waals surface area contributed by atoms with Crippen LogP contribution in [0.3, 0.4) is 0 Å². The predicted octanol–water partition coefficient (Wildman–Crippen LogP) is 2.01. The van der Waals surface area contributed by atoms with Gasteiger partial charge >= 0.3 is 11.9 Å². The summed E-state index contributed by atoms with van der Waals surface area (Å²) in [5.74, 6) is -1.97. The first-order valence-electron chi connectivity index (χ1n) is 9.51. The van der Waals surface area contributed by atoms with Crippen molar-refractivity contribution >= 4 is 17.8 Å². The van der Waals surface area contributed by atoms with Crippen LogP contribution in [0.1, 0.15) is 28.4 Å². The molecule has 1 fully saturated rings. The quantitative estimate of drug-likeness (QED) is 0.661. The number of carbonyl (C=O) groups is 3. The van der Waals surface area contributed by atoms with E-state index in [2.05, 4.69) is 5.32 Å². The molecule has 30 heavy (non-hydrogen) atoms. The molecule has 0 radical (unpaired) electrons. The van der Waals surface area contributed by atoms with E-state index in [1.165, 1.54) is 7.11 Å². The monoisotopic (exact) mass is 413 g/mol. The van der Waals surface area contributed by atoms with Gasteiger partial charge in [0.05, 0.1) is 20.3 Å². The third-order valence-corrected chi connectivity index (χ3v) is 4.50. The molecule has 1 aliphatic heterocycles. The number of benzene rings is 2. The summed E-state index contributed by atoms with van der Waals surface area (Å²) in [6.07, 6.45) is -1.88. The Morgan fingerprint density at radius 1 is 0.967 bits per heavy atom. The number of carbonyl (C=O) groups excluding carboxylic acids is 3. The number of esters is 2. The van der Waals surface area contributed by atoms with E-state index in [1.54, 1.807) is 60.7 Å². The smallest absolute Gasteiger partial charge is 0.351 e. The lowest BCUT2D eigenvalue weighted by molar-refractivity contribution is -0.169. The molecule has 1 heterocycles. The maximum absolute atomic E-state index is 12.9. The Bertz CT molecular complexity index is 850. The van der Waals surface area contributed by atoms with E-state index in [1.807, 2.05) is 0 Å². The van der Waals surface area contributed by atoms with Crippen molar-refractivity contribution in [2.45, 2.75) is 24.9 Å². The number of nitrogens with one attached hydrogen (secondary N) is 1. The number of hydrogen-bond donors (Lipinski definition) is 1. The van der Waals surface area contributed by atoms with Gasteiger partial charge < -0.3 is 24.3 Å². The third kappa shape index (κ3) is 5.65. The molecule has 2 atom stereocenters. The van der Waals surface area contributed by atoms with Gasteiger partial charge in [-0.15, -0.1) is 0 Å². The minimum Gasteiger partial charge on any atom is -0.466 e. The fourth-order valence-corrected chi connectivity index (χ4v) is 2.97. The lowest BCUT2D eigenvalue weighted by atomic mass is 10.1. The van der Waals surface area contributed by atoms with E-state index in [-0.39, 0.29) is 6.42 Å². The van der Waals surface area contributed by atoms with Gasteiger partial charge in [0.15, 0.2) is 6.29 Å². The van der Waals surface area contributed by atoms with Crippen LogP contribution in [0.25, 0.3) is 0 Å². The summed E-state index contributed by atoms with van der Waals surface area (Å²) < 4.78 is 21.0. The molecule has 158 valence electrons. The molecule has 0 aromatic heterocycles. The average Bonchev–Trinajstić information content (AvgIpc) is 3.30. The van der Waals surface area contributed by atoms with Crippen LogP contribution in [-0.4, -0.2) is 50.5 Å². The standard InChI is InChI=1S/C22H23NO7/c1-27-22(26)19(15-8-4-2-5-9-15)30-21(25)17(14-18-28-12-13-29-18)23-20(24)16-10-6-3-7-11-16/h2-11,17-19H,12-14H2,1H3,(H,23,24)/t17-,19-/m1/s1. The highest BCUT2D eigenvalue weighted by molar-refractivity contribution is 5.97. The first kappa shape index (κ1) is 21.5. The molecule has 0 aliphatic carbocycles.